The number of benzene rings is 2. The van der Waals surface area contributed by atoms with Crippen LogP contribution in [0.15, 0.2) is 54.7 Å². The largest absolute Gasteiger partial charge is 0.454 e. The number of ketones is 1. The summed E-state index contributed by atoms with van der Waals surface area (Å²) >= 11 is 6.14. The second-order valence-electron chi connectivity index (χ2n) is 4.67. The van der Waals surface area contributed by atoms with Crippen molar-refractivity contribution in [3.63, 3.8) is 0 Å². The first-order chi connectivity index (χ1) is 10.1. The highest BCUT2D eigenvalue weighted by molar-refractivity contribution is 6.32. The molecule has 1 heterocycles. The zero-order chi connectivity index (χ0) is 14.8. The van der Waals surface area contributed by atoms with Gasteiger partial charge >= 0.3 is 0 Å². The van der Waals surface area contributed by atoms with E-state index in [0.29, 0.717) is 22.1 Å². The molecule has 4 heteroatoms. The zero-order valence-corrected chi connectivity index (χ0v) is 12.1. The summed E-state index contributed by atoms with van der Waals surface area (Å²) in [5, 5.41) is 1.39. The highest BCUT2D eigenvalue weighted by atomic mass is 35.5. The van der Waals surface area contributed by atoms with Crippen molar-refractivity contribution >= 4 is 28.3 Å². The Labute approximate surface area is 127 Å². The van der Waals surface area contributed by atoms with Crippen molar-refractivity contribution in [1.29, 1.82) is 0 Å². The lowest BCUT2D eigenvalue weighted by Crippen LogP contribution is -1.93. The van der Waals surface area contributed by atoms with E-state index in [9.17, 15) is 4.79 Å². The lowest BCUT2D eigenvalue weighted by Gasteiger charge is -2.09. The van der Waals surface area contributed by atoms with E-state index in [0.717, 1.165) is 10.9 Å². The highest BCUT2D eigenvalue weighted by Crippen LogP contribution is 2.31. The van der Waals surface area contributed by atoms with Gasteiger partial charge in [0.1, 0.15) is 11.5 Å². The Kier molecular flexibility index (Phi) is 3.59. The Balaban J connectivity index is 1.93. The molecule has 0 saturated heterocycles. The van der Waals surface area contributed by atoms with Gasteiger partial charge in [0, 0.05) is 10.9 Å². The van der Waals surface area contributed by atoms with Crippen LogP contribution in [0.1, 0.15) is 17.3 Å². The Bertz CT molecular complexity index is 830. The molecule has 0 spiro atoms. The molecule has 0 bridgehead atoms. The quantitative estimate of drug-likeness (QED) is 0.647. The lowest BCUT2D eigenvalue weighted by atomic mass is 10.1. The Hall–Kier alpha value is -2.39. The SMILES string of the molecule is CC(=O)c1ccc(Oc2cnc3ccccc3c2)c(Cl)c1. The van der Waals surface area contributed by atoms with E-state index < -0.39 is 0 Å². The average Bonchev–Trinajstić information content (AvgIpc) is 2.49. The van der Waals surface area contributed by atoms with Gasteiger partial charge in [0.25, 0.3) is 0 Å². The molecule has 3 rings (SSSR count). The standard InChI is InChI=1S/C17H12ClNO2/c1-11(20)12-6-7-17(15(18)9-12)21-14-8-13-4-2-3-5-16(13)19-10-14/h2-10H,1H3. The minimum absolute atomic E-state index is 0.0316. The molecule has 0 saturated carbocycles. The number of hydrogen-bond donors (Lipinski definition) is 0. The highest BCUT2D eigenvalue weighted by Gasteiger charge is 2.07. The third-order valence-corrected chi connectivity index (χ3v) is 3.43. The number of hydrogen-bond acceptors (Lipinski definition) is 3. The minimum atomic E-state index is -0.0316. The molecule has 104 valence electrons. The van der Waals surface area contributed by atoms with Crippen LogP contribution < -0.4 is 4.74 Å². The maximum absolute atomic E-state index is 11.3. The van der Waals surface area contributed by atoms with Gasteiger partial charge in [-0.15, -0.1) is 0 Å². The molecule has 1 aromatic heterocycles. The number of pyridine rings is 1. The van der Waals surface area contributed by atoms with Crippen LogP contribution in [0, 0.1) is 0 Å². The Morgan fingerprint density at radius 2 is 1.95 bits per heavy atom. The Morgan fingerprint density at radius 1 is 1.14 bits per heavy atom. The van der Waals surface area contributed by atoms with E-state index >= 15 is 0 Å². The summed E-state index contributed by atoms with van der Waals surface area (Å²) in [5.41, 5.74) is 1.46. The average molecular weight is 298 g/mol. The molecule has 0 N–H and O–H groups in total. The van der Waals surface area contributed by atoms with Gasteiger partial charge in [-0.1, -0.05) is 29.8 Å². The second-order valence-corrected chi connectivity index (χ2v) is 5.07. The van der Waals surface area contributed by atoms with Crippen molar-refractivity contribution in [2.45, 2.75) is 6.92 Å². The van der Waals surface area contributed by atoms with Crippen LogP contribution in [0.5, 0.6) is 11.5 Å². The van der Waals surface area contributed by atoms with Crippen molar-refractivity contribution in [3.05, 3.63) is 65.3 Å². The van der Waals surface area contributed by atoms with E-state index in [-0.39, 0.29) is 5.78 Å². The molecule has 0 aliphatic heterocycles. The summed E-state index contributed by atoms with van der Waals surface area (Å²) in [5.74, 6) is 1.07. The van der Waals surface area contributed by atoms with E-state index in [4.69, 9.17) is 16.3 Å². The topological polar surface area (TPSA) is 39.2 Å². The fourth-order valence-electron chi connectivity index (χ4n) is 2.04. The van der Waals surface area contributed by atoms with Gasteiger partial charge in [-0.25, -0.2) is 0 Å². The van der Waals surface area contributed by atoms with Gasteiger partial charge in [-0.2, -0.15) is 0 Å². The predicted molar refractivity (Wildman–Crippen MR) is 83.3 cm³/mol. The number of carbonyl (C=O) groups is 1. The molecule has 3 aromatic rings. The smallest absolute Gasteiger partial charge is 0.159 e. The first kappa shape index (κ1) is 13.6. The van der Waals surface area contributed by atoms with E-state index in [1.165, 1.54) is 6.92 Å². The normalized spacial score (nSPS) is 10.6. The van der Waals surface area contributed by atoms with E-state index in [2.05, 4.69) is 4.98 Å². The molecule has 21 heavy (non-hydrogen) atoms. The predicted octanol–water partition coefficient (Wildman–Crippen LogP) is 4.88. The molecule has 0 aliphatic rings. The van der Waals surface area contributed by atoms with Crippen molar-refractivity contribution < 1.29 is 9.53 Å². The maximum Gasteiger partial charge on any atom is 0.159 e. The summed E-state index contributed by atoms with van der Waals surface area (Å²) in [4.78, 5) is 15.6. The molecule has 0 aliphatic carbocycles. The van der Waals surface area contributed by atoms with Gasteiger partial charge in [0.05, 0.1) is 16.7 Å². The first-order valence-corrected chi connectivity index (χ1v) is 6.84. The fourth-order valence-corrected chi connectivity index (χ4v) is 2.26. The van der Waals surface area contributed by atoms with Crippen LogP contribution in [-0.4, -0.2) is 10.8 Å². The number of fused-ring (bicyclic) bond motifs is 1. The summed E-state index contributed by atoms with van der Waals surface area (Å²) in [7, 11) is 0. The maximum atomic E-state index is 11.3. The Morgan fingerprint density at radius 3 is 2.71 bits per heavy atom. The monoisotopic (exact) mass is 297 g/mol. The van der Waals surface area contributed by atoms with Gasteiger partial charge in [0.15, 0.2) is 5.78 Å². The number of ether oxygens (including phenoxy) is 1. The van der Waals surface area contributed by atoms with Crippen molar-refractivity contribution in [2.24, 2.45) is 0 Å². The van der Waals surface area contributed by atoms with Gasteiger partial charge in [-0.05, 0) is 37.3 Å². The van der Waals surface area contributed by atoms with Gasteiger partial charge in [-0.3, -0.25) is 9.78 Å². The minimum Gasteiger partial charge on any atom is -0.454 e. The van der Waals surface area contributed by atoms with Crippen LogP contribution in [0.25, 0.3) is 10.9 Å². The summed E-state index contributed by atoms with van der Waals surface area (Å²) in [6.07, 6.45) is 1.65. The third kappa shape index (κ3) is 2.88. The second kappa shape index (κ2) is 5.54. The molecular formula is C17H12ClNO2. The molecule has 0 atom stereocenters. The number of nitrogens with zero attached hydrogens (tertiary/aromatic N) is 1. The molecule has 2 aromatic carbocycles. The molecule has 0 fully saturated rings. The van der Waals surface area contributed by atoms with Crippen LogP contribution in [0.3, 0.4) is 0 Å². The number of halogens is 1. The van der Waals surface area contributed by atoms with Gasteiger partial charge < -0.3 is 4.74 Å². The summed E-state index contributed by atoms with van der Waals surface area (Å²) in [6, 6.07) is 14.7. The fraction of sp³-hybridized carbons (Fsp3) is 0.0588. The van der Waals surface area contributed by atoms with Crippen LogP contribution in [-0.2, 0) is 0 Å². The molecule has 0 unspecified atom stereocenters. The summed E-state index contributed by atoms with van der Waals surface area (Å²) < 4.78 is 5.75. The third-order valence-electron chi connectivity index (χ3n) is 3.13. The number of carbonyl (C=O) groups excluding carboxylic acids is 1. The van der Waals surface area contributed by atoms with Crippen molar-refractivity contribution in [2.75, 3.05) is 0 Å². The number of aromatic nitrogens is 1. The van der Waals surface area contributed by atoms with Crippen molar-refractivity contribution in [3.8, 4) is 11.5 Å². The van der Waals surface area contributed by atoms with E-state index in [1.54, 1.807) is 24.4 Å². The number of rotatable bonds is 3. The van der Waals surface area contributed by atoms with Crippen LogP contribution >= 0.6 is 11.6 Å². The zero-order valence-electron chi connectivity index (χ0n) is 11.3. The molecule has 0 amide bonds. The number of para-hydroxylation sites is 1. The lowest BCUT2D eigenvalue weighted by molar-refractivity contribution is 0.101. The van der Waals surface area contributed by atoms with Crippen LogP contribution in [0.4, 0.5) is 0 Å². The summed E-state index contributed by atoms with van der Waals surface area (Å²) in [6.45, 7) is 1.50. The van der Waals surface area contributed by atoms with E-state index in [1.807, 2.05) is 30.3 Å². The van der Waals surface area contributed by atoms with Gasteiger partial charge in [0.2, 0.25) is 0 Å². The van der Waals surface area contributed by atoms with Crippen LogP contribution in [0.2, 0.25) is 5.02 Å². The van der Waals surface area contributed by atoms with Crippen molar-refractivity contribution in [1.82, 2.24) is 4.98 Å². The number of Topliss-reactive ketones (excluding diaryl/α,β-unsaturated/α-hetero) is 1. The molecule has 3 nitrogen and oxygen atoms in total. The first-order valence-electron chi connectivity index (χ1n) is 6.46. The molecular weight excluding hydrogens is 286 g/mol. The molecule has 0 radical (unpaired) electrons.